The minimum atomic E-state index is -0.252. The fourth-order valence-electron chi connectivity index (χ4n) is 3.08. The van der Waals surface area contributed by atoms with E-state index in [4.69, 9.17) is 0 Å². The molecule has 0 spiro atoms. The van der Waals surface area contributed by atoms with Crippen molar-refractivity contribution in [2.45, 2.75) is 19.5 Å². The second-order valence-electron chi connectivity index (χ2n) is 6.44. The highest BCUT2D eigenvalue weighted by Gasteiger charge is 2.23. The molecular weight excluding hydrogens is 306 g/mol. The summed E-state index contributed by atoms with van der Waals surface area (Å²) in [6.07, 6.45) is 4.27. The molecular formula is C17H23N5O2. The van der Waals surface area contributed by atoms with E-state index < -0.39 is 0 Å². The van der Waals surface area contributed by atoms with Crippen LogP contribution in [0.15, 0.2) is 29.3 Å². The van der Waals surface area contributed by atoms with Crippen molar-refractivity contribution in [1.29, 1.82) is 0 Å². The Morgan fingerprint density at radius 1 is 1.29 bits per heavy atom. The van der Waals surface area contributed by atoms with Gasteiger partial charge in [0.1, 0.15) is 11.4 Å². The van der Waals surface area contributed by atoms with E-state index in [2.05, 4.69) is 14.5 Å². The number of imidazole rings is 1. The highest BCUT2D eigenvalue weighted by molar-refractivity contribution is 5.93. The van der Waals surface area contributed by atoms with Gasteiger partial charge in [-0.25, -0.2) is 4.98 Å². The minimum absolute atomic E-state index is 0.198. The smallest absolute Gasteiger partial charge is 0.263 e. The van der Waals surface area contributed by atoms with E-state index in [1.54, 1.807) is 30.3 Å². The molecule has 7 nitrogen and oxygen atoms in total. The van der Waals surface area contributed by atoms with Gasteiger partial charge >= 0.3 is 0 Å². The molecule has 0 bridgehead atoms. The molecule has 0 saturated heterocycles. The molecule has 0 N–H and O–H groups in total. The molecule has 3 rings (SSSR count). The Labute approximate surface area is 141 Å². The van der Waals surface area contributed by atoms with Crippen LogP contribution in [0.1, 0.15) is 21.9 Å². The zero-order valence-corrected chi connectivity index (χ0v) is 14.4. The largest absolute Gasteiger partial charge is 0.336 e. The maximum atomic E-state index is 12.7. The lowest BCUT2D eigenvalue weighted by Crippen LogP contribution is -2.38. The quantitative estimate of drug-likeness (QED) is 0.815. The van der Waals surface area contributed by atoms with E-state index >= 15 is 0 Å². The highest BCUT2D eigenvalue weighted by atomic mass is 16.2. The standard InChI is InChI=1S/C17H23N5O2/c1-19(2)12-13-11-18-15-6-8-21(9-10-22(13)15)17(24)14-5-4-7-20(3)16(14)23/h4-5,7,11H,6,8-10,12H2,1-3H3. The number of hydrogen-bond acceptors (Lipinski definition) is 4. The Kier molecular flexibility index (Phi) is 4.53. The number of carbonyl (C=O) groups is 1. The molecule has 0 unspecified atom stereocenters. The molecule has 0 radical (unpaired) electrons. The molecule has 0 aromatic carbocycles. The second kappa shape index (κ2) is 6.60. The van der Waals surface area contributed by atoms with Crippen LogP contribution in [0.5, 0.6) is 0 Å². The Morgan fingerprint density at radius 3 is 2.83 bits per heavy atom. The van der Waals surface area contributed by atoms with Crippen molar-refractivity contribution >= 4 is 5.91 Å². The molecule has 128 valence electrons. The number of fused-ring (bicyclic) bond motifs is 1. The van der Waals surface area contributed by atoms with Crippen LogP contribution in [-0.4, -0.2) is 57.0 Å². The summed E-state index contributed by atoms with van der Waals surface area (Å²) in [6.45, 7) is 2.69. The van der Waals surface area contributed by atoms with Gasteiger partial charge in [-0.15, -0.1) is 0 Å². The van der Waals surface area contributed by atoms with Crippen molar-refractivity contribution in [1.82, 2.24) is 23.9 Å². The number of nitrogens with zero attached hydrogens (tertiary/aromatic N) is 5. The Bertz CT molecular complexity index is 806. The van der Waals surface area contributed by atoms with Crippen molar-refractivity contribution in [2.75, 3.05) is 27.2 Å². The summed E-state index contributed by atoms with van der Waals surface area (Å²) < 4.78 is 3.63. The zero-order valence-electron chi connectivity index (χ0n) is 14.4. The van der Waals surface area contributed by atoms with Gasteiger partial charge in [0.05, 0.1) is 5.69 Å². The van der Waals surface area contributed by atoms with Gasteiger partial charge in [-0.05, 0) is 26.2 Å². The zero-order chi connectivity index (χ0) is 17.3. The fraction of sp³-hybridized carbons (Fsp3) is 0.471. The van der Waals surface area contributed by atoms with Gasteiger partial charge in [0.2, 0.25) is 0 Å². The van der Waals surface area contributed by atoms with Crippen molar-refractivity contribution in [3.05, 3.63) is 52.0 Å². The third kappa shape index (κ3) is 3.12. The third-order valence-electron chi connectivity index (χ3n) is 4.34. The van der Waals surface area contributed by atoms with Gasteiger partial charge in [0.15, 0.2) is 0 Å². The van der Waals surface area contributed by atoms with E-state index in [0.29, 0.717) is 26.1 Å². The first-order valence-electron chi connectivity index (χ1n) is 8.10. The summed E-state index contributed by atoms with van der Waals surface area (Å²) in [6, 6.07) is 3.33. The van der Waals surface area contributed by atoms with E-state index in [9.17, 15) is 9.59 Å². The lowest BCUT2D eigenvalue weighted by molar-refractivity contribution is 0.0756. The number of aromatic nitrogens is 3. The van der Waals surface area contributed by atoms with Crippen LogP contribution in [0.4, 0.5) is 0 Å². The second-order valence-corrected chi connectivity index (χ2v) is 6.44. The van der Waals surface area contributed by atoms with Crippen molar-refractivity contribution in [3.8, 4) is 0 Å². The van der Waals surface area contributed by atoms with Crippen LogP contribution in [0.2, 0.25) is 0 Å². The number of amides is 1. The van der Waals surface area contributed by atoms with Gasteiger partial charge in [-0.1, -0.05) is 0 Å². The van der Waals surface area contributed by atoms with Crippen LogP contribution in [0.3, 0.4) is 0 Å². The Hall–Kier alpha value is -2.41. The lowest BCUT2D eigenvalue weighted by atomic mass is 10.2. The normalized spacial score (nSPS) is 14.6. The molecule has 0 atom stereocenters. The minimum Gasteiger partial charge on any atom is -0.336 e. The monoisotopic (exact) mass is 329 g/mol. The summed E-state index contributed by atoms with van der Waals surface area (Å²) >= 11 is 0. The highest BCUT2D eigenvalue weighted by Crippen LogP contribution is 2.14. The molecule has 2 aromatic rings. The first-order valence-corrected chi connectivity index (χ1v) is 8.10. The molecule has 1 aliphatic heterocycles. The van der Waals surface area contributed by atoms with E-state index in [1.807, 2.05) is 20.3 Å². The summed E-state index contributed by atoms with van der Waals surface area (Å²) in [4.78, 5) is 33.3. The molecule has 0 aliphatic carbocycles. The molecule has 2 aromatic heterocycles. The average Bonchev–Trinajstić information content (AvgIpc) is 2.78. The van der Waals surface area contributed by atoms with E-state index in [1.165, 1.54) is 4.57 Å². The number of aryl methyl sites for hydroxylation is 1. The van der Waals surface area contributed by atoms with Gasteiger partial charge in [0.25, 0.3) is 11.5 Å². The first-order chi connectivity index (χ1) is 11.5. The third-order valence-corrected chi connectivity index (χ3v) is 4.34. The number of carbonyl (C=O) groups excluding carboxylic acids is 1. The fourth-order valence-corrected chi connectivity index (χ4v) is 3.08. The van der Waals surface area contributed by atoms with Crippen molar-refractivity contribution in [2.24, 2.45) is 7.05 Å². The lowest BCUT2D eigenvalue weighted by Gasteiger charge is -2.20. The summed E-state index contributed by atoms with van der Waals surface area (Å²) in [5, 5.41) is 0. The van der Waals surface area contributed by atoms with Crippen molar-refractivity contribution in [3.63, 3.8) is 0 Å². The van der Waals surface area contributed by atoms with Gasteiger partial charge in [0, 0.05) is 52.0 Å². The van der Waals surface area contributed by atoms with Crippen LogP contribution < -0.4 is 5.56 Å². The van der Waals surface area contributed by atoms with Gasteiger partial charge < -0.3 is 18.9 Å². The number of pyridine rings is 1. The molecule has 1 aliphatic rings. The van der Waals surface area contributed by atoms with Crippen LogP contribution >= 0.6 is 0 Å². The van der Waals surface area contributed by atoms with Crippen molar-refractivity contribution < 1.29 is 4.79 Å². The van der Waals surface area contributed by atoms with Crippen LogP contribution in [0, 0.1) is 0 Å². The molecule has 0 fully saturated rings. The molecule has 7 heteroatoms. The summed E-state index contributed by atoms with van der Waals surface area (Å²) in [7, 11) is 5.71. The van der Waals surface area contributed by atoms with Gasteiger partial charge in [-0.3, -0.25) is 9.59 Å². The number of rotatable bonds is 3. The maximum absolute atomic E-state index is 12.7. The predicted octanol–water partition coefficient (Wildman–Crippen LogP) is 0.342. The predicted molar refractivity (Wildman–Crippen MR) is 90.9 cm³/mol. The van der Waals surface area contributed by atoms with Crippen LogP contribution in [-0.2, 0) is 26.6 Å². The molecule has 1 amide bonds. The maximum Gasteiger partial charge on any atom is 0.263 e. The SMILES string of the molecule is CN(C)Cc1cnc2n1CCN(C(=O)c1cccn(C)c1=O)CC2. The van der Waals surface area contributed by atoms with Crippen LogP contribution in [0.25, 0.3) is 0 Å². The van der Waals surface area contributed by atoms with E-state index in [-0.39, 0.29) is 17.0 Å². The summed E-state index contributed by atoms with van der Waals surface area (Å²) in [5.41, 5.74) is 1.13. The average molecular weight is 329 g/mol. The summed E-state index contributed by atoms with van der Waals surface area (Å²) in [5.74, 6) is 0.805. The molecule has 3 heterocycles. The molecule has 0 saturated carbocycles. The topological polar surface area (TPSA) is 63.4 Å². The molecule has 24 heavy (non-hydrogen) atoms. The first kappa shape index (κ1) is 16.4. The van der Waals surface area contributed by atoms with Gasteiger partial charge in [-0.2, -0.15) is 0 Å². The Morgan fingerprint density at radius 2 is 2.08 bits per heavy atom. The number of hydrogen-bond donors (Lipinski definition) is 0. The Balaban J connectivity index is 1.79. The van der Waals surface area contributed by atoms with E-state index in [0.717, 1.165) is 18.1 Å².